The molecule has 0 spiro atoms. The summed E-state index contributed by atoms with van der Waals surface area (Å²) in [6.45, 7) is 0.773. The molecule has 68 heavy (non-hydrogen) atoms. The summed E-state index contributed by atoms with van der Waals surface area (Å²) in [6.07, 6.45) is -6.51. The number of ether oxygens (including phenoxy) is 7. The van der Waals surface area contributed by atoms with Gasteiger partial charge in [0.2, 0.25) is 5.91 Å². The fourth-order valence-electron chi connectivity index (χ4n) is 8.42. The molecule has 2 fully saturated rings. The molecule has 0 saturated carbocycles. The average Bonchev–Trinajstić information content (AvgIpc) is 3.72. The van der Waals surface area contributed by atoms with Crippen LogP contribution in [-0.4, -0.2) is 77.4 Å². The van der Waals surface area contributed by atoms with Crippen molar-refractivity contribution in [2.24, 2.45) is 5.11 Å². The molecule has 2 aliphatic rings. The Morgan fingerprint density at radius 3 is 1.41 bits per heavy atom. The molecule has 2 N–H and O–H groups in total. The first-order valence-corrected chi connectivity index (χ1v) is 22.6. The van der Waals surface area contributed by atoms with Crippen molar-refractivity contribution >= 4 is 5.91 Å². The molecule has 9 atom stereocenters. The molecule has 1 aromatic heterocycles. The maximum absolute atomic E-state index is 14.4. The first-order valence-electron chi connectivity index (χ1n) is 22.6. The van der Waals surface area contributed by atoms with E-state index in [1.54, 1.807) is 0 Å². The van der Waals surface area contributed by atoms with Crippen molar-refractivity contribution in [3.05, 3.63) is 223 Å². The van der Waals surface area contributed by atoms with Crippen molar-refractivity contribution in [1.29, 1.82) is 0 Å². The van der Waals surface area contributed by atoms with Gasteiger partial charge in [0.15, 0.2) is 6.23 Å². The largest absolute Gasteiger partial charge is 0.369 e. The number of hydrogen-bond donors (Lipinski definition) is 2. The average molecular weight is 923 g/mol. The van der Waals surface area contributed by atoms with Crippen LogP contribution in [0.2, 0.25) is 0 Å². The van der Waals surface area contributed by atoms with Gasteiger partial charge in [-0.3, -0.25) is 19.1 Å². The van der Waals surface area contributed by atoms with Crippen molar-refractivity contribution in [1.82, 2.24) is 14.9 Å². The number of benzene rings is 5. The third-order valence-electron chi connectivity index (χ3n) is 11.8. The summed E-state index contributed by atoms with van der Waals surface area (Å²) in [7, 11) is 0. The van der Waals surface area contributed by atoms with E-state index < -0.39 is 72.2 Å². The van der Waals surface area contributed by atoms with E-state index in [4.69, 9.17) is 33.2 Å². The highest BCUT2D eigenvalue weighted by Gasteiger charge is 2.50. The van der Waals surface area contributed by atoms with Crippen LogP contribution >= 0.6 is 0 Å². The topological polar surface area (TPSA) is 197 Å². The fourth-order valence-corrected chi connectivity index (χ4v) is 8.42. The normalized spacial score (nSPS) is 23.4. The van der Waals surface area contributed by atoms with Crippen LogP contribution in [0.25, 0.3) is 10.4 Å². The van der Waals surface area contributed by atoms with Gasteiger partial charge in [-0.1, -0.05) is 157 Å². The molecule has 8 rings (SSSR count). The quantitative estimate of drug-likeness (QED) is 0.0409. The SMILES string of the molecule is [N-]=[N+]=NC[C@H]1O[C@H](CC(=O)NC[C@H]2O[C@@H](n3ccc(=O)[nH]c3=O)[C@H](OCc3ccccc3)[C@@H]2OCc2ccccc2)[C@H](OCc2ccccc2)[C@@H](OCc2ccccc2)[C@@H]1OCc1ccccc1. The minimum atomic E-state index is -1.04. The van der Waals surface area contributed by atoms with Gasteiger partial charge in [0, 0.05) is 23.7 Å². The predicted molar refractivity (Wildman–Crippen MR) is 251 cm³/mol. The first-order chi connectivity index (χ1) is 33.4. The maximum atomic E-state index is 14.4. The number of H-pyrrole nitrogens is 1. The van der Waals surface area contributed by atoms with Crippen molar-refractivity contribution < 1.29 is 38.0 Å². The number of aromatic amines is 1. The number of carbonyl (C=O) groups is 1. The number of nitrogens with one attached hydrogen (secondary N) is 2. The van der Waals surface area contributed by atoms with Crippen LogP contribution in [0.3, 0.4) is 0 Å². The van der Waals surface area contributed by atoms with Crippen molar-refractivity contribution in [2.45, 2.75) is 94.5 Å². The Balaban J connectivity index is 1.06. The summed E-state index contributed by atoms with van der Waals surface area (Å²) in [5.74, 6) is -0.409. The molecule has 5 aromatic carbocycles. The Morgan fingerprint density at radius 1 is 0.559 bits per heavy atom. The maximum Gasteiger partial charge on any atom is 0.330 e. The molecule has 352 valence electrons. The van der Waals surface area contributed by atoms with Gasteiger partial charge in [0.25, 0.3) is 5.56 Å². The molecule has 1 amide bonds. The van der Waals surface area contributed by atoms with Crippen LogP contribution in [0.4, 0.5) is 0 Å². The molecule has 3 heterocycles. The lowest BCUT2D eigenvalue weighted by Crippen LogP contribution is -2.61. The summed E-state index contributed by atoms with van der Waals surface area (Å²) >= 11 is 0. The van der Waals surface area contributed by atoms with Crippen molar-refractivity contribution in [2.75, 3.05) is 13.1 Å². The lowest BCUT2D eigenvalue weighted by Gasteiger charge is -2.46. The first kappa shape index (κ1) is 47.8. The Morgan fingerprint density at radius 2 is 0.971 bits per heavy atom. The van der Waals surface area contributed by atoms with Gasteiger partial charge < -0.3 is 38.5 Å². The zero-order chi connectivity index (χ0) is 46.9. The number of rotatable bonds is 22. The molecule has 2 saturated heterocycles. The molecule has 2 aliphatic heterocycles. The van der Waals surface area contributed by atoms with E-state index in [-0.39, 0.29) is 52.5 Å². The second kappa shape index (κ2) is 24.3. The zero-order valence-corrected chi connectivity index (χ0v) is 37.3. The van der Waals surface area contributed by atoms with Crippen molar-refractivity contribution in [3.8, 4) is 0 Å². The Bertz CT molecular complexity index is 2640. The van der Waals surface area contributed by atoms with Crippen LogP contribution in [0, 0.1) is 0 Å². The van der Waals surface area contributed by atoms with Gasteiger partial charge in [0.05, 0.1) is 58.2 Å². The van der Waals surface area contributed by atoms with Gasteiger partial charge in [-0.05, 0) is 33.3 Å². The lowest BCUT2D eigenvalue weighted by atomic mass is 9.92. The Labute approximate surface area is 393 Å². The van der Waals surface area contributed by atoms with Crippen LogP contribution in [-0.2, 0) is 71.0 Å². The third kappa shape index (κ3) is 13.0. The molecule has 0 unspecified atom stereocenters. The number of amides is 1. The number of nitrogens with zero attached hydrogens (tertiary/aromatic N) is 4. The minimum Gasteiger partial charge on any atom is -0.369 e. The molecule has 0 aliphatic carbocycles. The number of aromatic nitrogens is 2. The molecule has 16 nitrogen and oxygen atoms in total. The van der Waals surface area contributed by atoms with E-state index in [0.717, 1.165) is 27.8 Å². The van der Waals surface area contributed by atoms with Crippen LogP contribution in [0.5, 0.6) is 0 Å². The smallest absolute Gasteiger partial charge is 0.330 e. The number of carbonyl (C=O) groups excluding carboxylic acids is 1. The van der Waals surface area contributed by atoms with E-state index in [2.05, 4.69) is 20.3 Å². The standard InChI is InChI=1S/C52H54N6O10/c53-57-55-30-43-47(63-32-37-18-8-2-9-19-37)49(65-34-39-22-12-4-13-23-39)46(62-31-36-16-6-1-7-17-36)41(67-43)28-45(60)54-29-42-48(64-33-38-20-10-3-11-21-38)50(66-35-40-24-14-5-15-25-40)51(68-42)58-27-26-44(59)56-52(58)61/h1-27,41-43,46-51H,28-35H2,(H,54,60)(H,56,59,61)/t41-,42-,43-,46+,47-,48-,49-,50-,51-/m1/s1. The summed E-state index contributed by atoms with van der Waals surface area (Å²) in [4.78, 5) is 45.2. The fraction of sp³-hybridized carbons (Fsp3) is 0.327. The molecular formula is C52H54N6O10. The molecular weight excluding hydrogens is 869 g/mol. The van der Waals surface area contributed by atoms with Gasteiger partial charge in [-0.25, -0.2) is 4.79 Å². The van der Waals surface area contributed by atoms with Gasteiger partial charge >= 0.3 is 5.69 Å². The van der Waals surface area contributed by atoms with Gasteiger partial charge in [-0.15, -0.1) is 0 Å². The monoisotopic (exact) mass is 922 g/mol. The second-order valence-electron chi connectivity index (χ2n) is 16.5. The molecule has 16 heteroatoms. The summed E-state index contributed by atoms with van der Waals surface area (Å²) in [5.41, 5.74) is 12.7. The van der Waals surface area contributed by atoms with Gasteiger partial charge in [-0.2, -0.15) is 0 Å². The Kier molecular flexibility index (Phi) is 17.1. The summed E-state index contributed by atoms with van der Waals surface area (Å²) in [6, 6.07) is 49.4. The van der Waals surface area contributed by atoms with Crippen LogP contribution in [0.15, 0.2) is 179 Å². The van der Waals surface area contributed by atoms with Crippen molar-refractivity contribution in [3.63, 3.8) is 0 Å². The van der Waals surface area contributed by atoms with E-state index in [0.29, 0.717) is 0 Å². The molecule has 0 radical (unpaired) electrons. The van der Waals surface area contributed by atoms with E-state index in [1.807, 2.05) is 152 Å². The molecule has 0 bridgehead atoms. The summed E-state index contributed by atoms with van der Waals surface area (Å²) < 4.78 is 47.8. The highest BCUT2D eigenvalue weighted by Crippen LogP contribution is 2.35. The molecule has 6 aromatic rings. The van der Waals surface area contributed by atoms with Crippen LogP contribution in [0.1, 0.15) is 40.5 Å². The van der Waals surface area contributed by atoms with Crippen LogP contribution < -0.4 is 16.6 Å². The van der Waals surface area contributed by atoms with E-state index in [1.165, 1.54) is 16.8 Å². The number of hydrogen-bond acceptors (Lipinski definition) is 11. The lowest BCUT2D eigenvalue weighted by molar-refractivity contribution is -0.262. The summed E-state index contributed by atoms with van der Waals surface area (Å²) in [5, 5.41) is 6.94. The second-order valence-corrected chi connectivity index (χ2v) is 16.5. The third-order valence-corrected chi connectivity index (χ3v) is 11.8. The highest BCUT2D eigenvalue weighted by molar-refractivity contribution is 5.76. The number of azide groups is 1. The van der Waals surface area contributed by atoms with Gasteiger partial charge in [0.1, 0.15) is 36.6 Å². The Hall–Kier alpha value is -6.72. The zero-order valence-electron chi connectivity index (χ0n) is 37.3. The minimum absolute atomic E-state index is 0.0563. The predicted octanol–water partition coefficient (Wildman–Crippen LogP) is 6.95. The van der Waals surface area contributed by atoms with E-state index in [9.17, 15) is 19.9 Å². The van der Waals surface area contributed by atoms with E-state index >= 15 is 0 Å². The highest BCUT2D eigenvalue weighted by atomic mass is 16.6.